The Bertz CT molecular complexity index is 601. The summed E-state index contributed by atoms with van der Waals surface area (Å²) < 4.78 is 0. The van der Waals surface area contributed by atoms with Gasteiger partial charge < -0.3 is 37.2 Å². The molecule has 0 spiro atoms. The normalized spacial score (nSPS) is 9.83. The van der Waals surface area contributed by atoms with Crippen molar-refractivity contribution in [1.29, 1.82) is 0 Å². The van der Waals surface area contributed by atoms with Gasteiger partial charge in [0.25, 0.3) is 0 Å². The van der Waals surface area contributed by atoms with E-state index < -0.39 is 8.07 Å². The van der Waals surface area contributed by atoms with Crippen LogP contribution < -0.4 is 42.4 Å². The summed E-state index contributed by atoms with van der Waals surface area (Å²) in [4.78, 5) is 0. The Morgan fingerprint density at radius 2 is 1.39 bits per heavy atom. The summed E-state index contributed by atoms with van der Waals surface area (Å²) in [6, 6.07) is 11.7. The van der Waals surface area contributed by atoms with Gasteiger partial charge in [0.15, 0.2) is 0 Å². The zero-order valence-corrected chi connectivity index (χ0v) is 19.6. The van der Waals surface area contributed by atoms with Crippen LogP contribution in [0.2, 0.25) is 19.6 Å². The van der Waals surface area contributed by atoms with E-state index in [0.29, 0.717) is 0 Å². The molecule has 5 heteroatoms. The van der Waals surface area contributed by atoms with E-state index in [9.17, 15) is 0 Å². The molecule has 0 fully saturated rings. The quantitative estimate of drug-likeness (QED) is 0.345. The molecule has 0 aliphatic heterocycles. The van der Waals surface area contributed by atoms with E-state index >= 15 is 0 Å². The van der Waals surface area contributed by atoms with Gasteiger partial charge >= 0.3 is 21.7 Å². The Labute approximate surface area is 176 Å². The average Bonchev–Trinajstić information content (AvgIpc) is 2.74. The van der Waals surface area contributed by atoms with Crippen molar-refractivity contribution in [3.05, 3.63) is 58.1 Å². The van der Waals surface area contributed by atoms with Crippen LogP contribution in [0.1, 0.15) is 27.8 Å². The van der Waals surface area contributed by atoms with Crippen LogP contribution in [0.5, 0.6) is 0 Å². The third kappa shape index (κ3) is 7.42. The van der Waals surface area contributed by atoms with Crippen molar-refractivity contribution >= 4 is 13.3 Å². The van der Waals surface area contributed by atoms with Crippen molar-refractivity contribution < 1.29 is 58.9 Å². The van der Waals surface area contributed by atoms with E-state index in [1.165, 1.54) is 27.8 Å². The average molecular weight is 424 g/mol. The molecule has 0 heterocycles. The van der Waals surface area contributed by atoms with Gasteiger partial charge in [-0.05, 0) is 43.9 Å². The maximum atomic E-state index is 2.42. The van der Waals surface area contributed by atoms with E-state index in [1.54, 1.807) is 5.19 Å². The van der Waals surface area contributed by atoms with E-state index in [1.807, 2.05) is 0 Å². The molecular formula is C18H25Cl3SiTi. The predicted octanol–water partition coefficient (Wildman–Crippen LogP) is -4.52. The molecule has 2 aromatic carbocycles. The van der Waals surface area contributed by atoms with E-state index in [2.05, 4.69) is 70.7 Å². The minimum atomic E-state index is -1.16. The number of aryl methyl sites for hydroxylation is 3. The second kappa shape index (κ2) is 11.1. The fourth-order valence-electron chi connectivity index (χ4n) is 2.50. The third-order valence-electron chi connectivity index (χ3n) is 4.03. The molecule has 2 aromatic rings. The summed E-state index contributed by atoms with van der Waals surface area (Å²) in [5, 5.41) is 1.57. The smallest absolute Gasteiger partial charge is 1.00 e. The van der Waals surface area contributed by atoms with E-state index in [4.69, 9.17) is 0 Å². The van der Waals surface area contributed by atoms with Crippen molar-refractivity contribution in [2.75, 3.05) is 0 Å². The Hall–Kier alpha value is 0.371. The van der Waals surface area contributed by atoms with E-state index in [0.717, 1.165) is 6.42 Å². The van der Waals surface area contributed by atoms with Crippen molar-refractivity contribution in [2.45, 2.75) is 46.8 Å². The SMILES string of the molecule is Cc1cc(C)c(C[c-]2ccc([Si](C)(C)C)c2)cc1C.[Cl-].[Cl-].[Cl-].[Ti+4]. The number of benzene rings is 1. The topological polar surface area (TPSA) is 0 Å². The number of rotatable bonds is 3. The summed E-state index contributed by atoms with van der Waals surface area (Å²) in [7, 11) is -1.16. The largest absolute Gasteiger partial charge is 4.00 e. The van der Waals surface area contributed by atoms with E-state index in [-0.39, 0.29) is 58.9 Å². The monoisotopic (exact) mass is 422 g/mol. The first-order chi connectivity index (χ1) is 8.77. The first-order valence-electron chi connectivity index (χ1n) is 7.10. The predicted molar refractivity (Wildman–Crippen MR) is 88.5 cm³/mol. The van der Waals surface area contributed by atoms with Gasteiger partial charge in [-0.25, -0.2) is 11.3 Å². The Kier molecular flexibility index (Phi) is 13.6. The van der Waals surface area contributed by atoms with Gasteiger partial charge in [-0.2, -0.15) is 17.7 Å². The Morgan fingerprint density at radius 1 is 0.870 bits per heavy atom. The molecule has 0 aromatic heterocycles. The molecule has 0 saturated carbocycles. The van der Waals surface area contributed by atoms with Crippen LogP contribution in [0.3, 0.4) is 0 Å². The molecular weight excluding hydrogens is 399 g/mol. The van der Waals surface area contributed by atoms with Crippen molar-refractivity contribution in [3.8, 4) is 0 Å². The van der Waals surface area contributed by atoms with Crippen LogP contribution >= 0.6 is 0 Å². The van der Waals surface area contributed by atoms with Crippen LogP contribution in [-0.2, 0) is 28.1 Å². The van der Waals surface area contributed by atoms with Gasteiger partial charge in [0.1, 0.15) is 0 Å². The second-order valence-corrected chi connectivity index (χ2v) is 11.9. The molecule has 0 aliphatic rings. The maximum absolute atomic E-state index is 2.42. The number of halogens is 3. The fraction of sp³-hybridized carbons (Fsp3) is 0.389. The second-order valence-electron chi connectivity index (χ2n) is 6.80. The summed E-state index contributed by atoms with van der Waals surface area (Å²) in [5.74, 6) is 0. The van der Waals surface area contributed by atoms with Gasteiger partial charge in [-0.15, -0.1) is 0 Å². The molecule has 0 amide bonds. The van der Waals surface area contributed by atoms with Crippen LogP contribution in [0.25, 0.3) is 0 Å². The molecule has 23 heavy (non-hydrogen) atoms. The van der Waals surface area contributed by atoms with Gasteiger partial charge in [0.05, 0.1) is 0 Å². The number of hydrogen-bond donors (Lipinski definition) is 0. The first kappa shape index (κ1) is 28.2. The van der Waals surface area contributed by atoms with Crippen molar-refractivity contribution in [1.82, 2.24) is 0 Å². The Morgan fingerprint density at radius 3 is 1.87 bits per heavy atom. The Balaban J connectivity index is -0.000001000. The summed E-state index contributed by atoms with van der Waals surface area (Å²) in [6.07, 6.45) is 1.07. The number of hydrogen-bond acceptors (Lipinski definition) is 0. The van der Waals surface area contributed by atoms with Crippen molar-refractivity contribution in [3.63, 3.8) is 0 Å². The molecule has 0 unspecified atom stereocenters. The molecule has 0 aliphatic carbocycles. The standard InChI is InChI=1S/C18H25Si.3ClH.Ti/c1-13-9-15(3)17(10-14(13)2)11-16-7-8-18(12-16)19(4,5)6;;;;/h7-10,12H,11H2,1-6H3;3*1H;/q-1;;;;+4/p-3. The fourth-order valence-corrected chi connectivity index (χ4v) is 3.70. The molecule has 0 atom stereocenters. The molecule has 0 radical (unpaired) electrons. The maximum Gasteiger partial charge on any atom is 4.00 e. The summed E-state index contributed by atoms with van der Waals surface area (Å²) in [6.45, 7) is 13.9. The third-order valence-corrected chi connectivity index (χ3v) is 6.07. The van der Waals surface area contributed by atoms with Gasteiger partial charge in [0, 0.05) is 8.07 Å². The minimum Gasteiger partial charge on any atom is -1.00 e. The van der Waals surface area contributed by atoms with Gasteiger partial charge in [-0.3, -0.25) is 0 Å². The summed E-state index contributed by atoms with van der Waals surface area (Å²) in [5.41, 5.74) is 7.14. The van der Waals surface area contributed by atoms with Crippen LogP contribution in [0.15, 0.2) is 30.3 Å². The zero-order valence-electron chi connectivity index (χ0n) is 14.7. The summed E-state index contributed by atoms with van der Waals surface area (Å²) >= 11 is 0. The van der Waals surface area contributed by atoms with Gasteiger partial charge in [0.2, 0.25) is 0 Å². The first-order valence-corrected chi connectivity index (χ1v) is 10.6. The molecule has 0 nitrogen and oxygen atoms in total. The minimum absolute atomic E-state index is 0. The van der Waals surface area contributed by atoms with Crippen LogP contribution in [0.4, 0.5) is 0 Å². The van der Waals surface area contributed by atoms with Crippen LogP contribution in [0, 0.1) is 20.8 Å². The molecule has 126 valence electrons. The molecule has 2 rings (SSSR count). The molecule has 0 N–H and O–H groups in total. The van der Waals surface area contributed by atoms with Crippen molar-refractivity contribution in [2.24, 2.45) is 0 Å². The van der Waals surface area contributed by atoms with Gasteiger partial charge in [-0.1, -0.05) is 37.3 Å². The van der Waals surface area contributed by atoms with Crippen LogP contribution in [-0.4, -0.2) is 8.07 Å². The zero-order chi connectivity index (χ0) is 14.2. The molecule has 0 bridgehead atoms. The molecule has 0 saturated heterocycles.